The third-order valence-corrected chi connectivity index (χ3v) is 5.47. The molecule has 0 saturated heterocycles. The lowest BCUT2D eigenvalue weighted by molar-refractivity contribution is -0.123. The lowest BCUT2D eigenvalue weighted by Gasteiger charge is -2.28. The number of aromatic nitrogens is 2. The SMILES string of the molecule is CC(C)Oc1ccc(-c2nc(-c3cccc4c3CCNC4C(=O)[C@H](N)CO)no2)cc1C#N.Cl. The molecule has 2 atom stereocenters. The van der Waals surface area contributed by atoms with Gasteiger partial charge in [0.1, 0.15) is 11.8 Å². The monoisotopic (exact) mass is 483 g/mol. The van der Waals surface area contributed by atoms with Crippen LogP contribution in [-0.4, -0.2) is 46.3 Å². The van der Waals surface area contributed by atoms with Gasteiger partial charge >= 0.3 is 0 Å². The van der Waals surface area contributed by atoms with Crippen molar-refractivity contribution in [2.24, 2.45) is 5.73 Å². The van der Waals surface area contributed by atoms with Crippen molar-refractivity contribution in [2.45, 2.75) is 38.5 Å². The minimum Gasteiger partial charge on any atom is -0.490 e. The molecule has 0 spiro atoms. The summed E-state index contributed by atoms with van der Waals surface area (Å²) >= 11 is 0. The van der Waals surface area contributed by atoms with Crippen molar-refractivity contribution in [3.8, 4) is 34.7 Å². The lowest BCUT2D eigenvalue weighted by atomic mass is 9.87. The van der Waals surface area contributed by atoms with Gasteiger partial charge in [-0.1, -0.05) is 23.4 Å². The van der Waals surface area contributed by atoms with Crippen LogP contribution in [0.1, 0.15) is 36.6 Å². The third kappa shape index (κ3) is 4.95. The smallest absolute Gasteiger partial charge is 0.258 e. The quantitative estimate of drug-likeness (QED) is 0.461. The Kier molecular flexibility index (Phi) is 8.02. The first kappa shape index (κ1) is 25.3. The molecule has 0 amide bonds. The molecule has 1 aliphatic heterocycles. The fourth-order valence-corrected chi connectivity index (χ4v) is 3.93. The van der Waals surface area contributed by atoms with Crippen LogP contribution < -0.4 is 15.8 Å². The standard InChI is InChI=1S/C24H25N5O4.ClH/c1-13(2)32-20-7-6-14(10-15(20)11-25)24-28-23(29-33-24)18-5-3-4-17-16(18)8-9-27-21(17)22(31)19(26)12-30;/h3-7,10,13,19,21,27,30H,8-9,12,26H2,1-2H3;1H/t19-,21?;/m1./s1. The number of aliphatic hydroxyl groups is 1. The maximum absolute atomic E-state index is 12.6. The molecule has 2 heterocycles. The summed E-state index contributed by atoms with van der Waals surface area (Å²) in [6.07, 6.45) is 0.618. The molecule has 0 aliphatic carbocycles. The van der Waals surface area contributed by atoms with Crippen LogP contribution in [0.15, 0.2) is 40.9 Å². The number of carbonyl (C=O) groups is 1. The van der Waals surface area contributed by atoms with Gasteiger partial charge in [-0.25, -0.2) is 0 Å². The number of hydrogen-bond acceptors (Lipinski definition) is 9. The van der Waals surface area contributed by atoms with E-state index in [0.29, 0.717) is 35.7 Å². The molecule has 3 aromatic rings. The number of nitrogens with one attached hydrogen (secondary N) is 1. The molecule has 0 fully saturated rings. The van der Waals surface area contributed by atoms with Crippen LogP contribution in [0.25, 0.3) is 22.8 Å². The number of benzene rings is 2. The van der Waals surface area contributed by atoms with Crippen LogP contribution in [0.4, 0.5) is 0 Å². The normalized spacial score (nSPS) is 15.7. The Balaban J connectivity index is 0.00000324. The molecular formula is C24H26ClN5O4. The van der Waals surface area contributed by atoms with Gasteiger partial charge in [-0.2, -0.15) is 10.2 Å². The van der Waals surface area contributed by atoms with Crippen molar-refractivity contribution in [1.82, 2.24) is 15.5 Å². The van der Waals surface area contributed by atoms with E-state index in [1.54, 1.807) is 18.2 Å². The number of hydrogen-bond donors (Lipinski definition) is 3. The van der Waals surface area contributed by atoms with E-state index in [-0.39, 0.29) is 30.2 Å². The molecule has 178 valence electrons. The molecule has 9 nitrogen and oxygen atoms in total. The number of halogens is 1. The summed E-state index contributed by atoms with van der Waals surface area (Å²) in [4.78, 5) is 17.2. The number of nitriles is 1. The topological polar surface area (TPSA) is 147 Å². The summed E-state index contributed by atoms with van der Waals surface area (Å²) in [5, 5.41) is 26.1. The first-order chi connectivity index (χ1) is 15.9. The number of carbonyl (C=O) groups excluding carboxylic acids is 1. The molecule has 2 aromatic carbocycles. The predicted molar refractivity (Wildman–Crippen MR) is 127 cm³/mol. The fourth-order valence-electron chi connectivity index (χ4n) is 3.93. The number of nitrogens with zero attached hydrogens (tertiary/aromatic N) is 3. The van der Waals surface area contributed by atoms with Crippen molar-refractivity contribution in [2.75, 3.05) is 13.2 Å². The second-order valence-electron chi connectivity index (χ2n) is 8.11. The number of aliphatic hydroxyl groups excluding tert-OH is 1. The fraction of sp³-hybridized carbons (Fsp3) is 0.333. The number of nitrogens with two attached hydrogens (primary N) is 1. The first-order valence-corrected chi connectivity index (χ1v) is 10.7. The van der Waals surface area contributed by atoms with Crippen LogP contribution in [0.5, 0.6) is 5.75 Å². The Morgan fingerprint density at radius 3 is 2.88 bits per heavy atom. The van der Waals surface area contributed by atoms with Gasteiger partial charge < -0.3 is 25.4 Å². The number of rotatable bonds is 7. The largest absolute Gasteiger partial charge is 0.490 e. The van der Waals surface area contributed by atoms with E-state index in [0.717, 1.165) is 16.7 Å². The van der Waals surface area contributed by atoms with Crippen LogP contribution in [-0.2, 0) is 11.2 Å². The highest BCUT2D eigenvalue weighted by atomic mass is 35.5. The molecule has 4 N–H and O–H groups in total. The second kappa shape index (κ2) is 10.8. The van der Waals surface area contributed by atoms with Gasteiger partial charge in [0.25, 0.3) is 5.89 Å². The van der Waals surface area contributed by atoms with Gasteiger partial charge in [0.2, 0.25) is 5.82 Å². The summed E-state index contributed by atoms with van der Waals surface area (Å²) in [5.74, 6) is 0.899. The van der Waals surface area contributed by atoms with Crippen molar-refractivity contribution in [1.29, 1.82) is 5.26 Å². The maximum atomic E-state index is 12.6. The van der Waals surface area contributed by atoms with Crippen molar-refractivity contribution in [3.63, 3.8) is 0 Å². The van der Waals surface area contributed by atoms with Gasteiger partial charge in [-0.05, 0) is 49.6 Å². The van der Waals surface area contributed by atoms with E-state index in [2.05, 4.69) is 21.5 Å². The van der Waals surface area contributed by atoms with Gasteiger partial charge in [0.15, 0.2) is 5.78 Å². The van der Waals surface area contributed by atoms with E-state index in [4.69, 9.17) is 15.0 Å². The summed E-state index contributed by atoms with van der Waals surface area (Å²) in [5.41, 5.74) is 9.25. The summed E-state index contributed by atoms with van der Waals surface area (Å²) in [6.45, 7) is 3.95. The molecule has 0 saturated carbocycles. The Bertz CT molecular complexity index is 1220. The Labute approximate surface area is 203 Å². The second-order valence-corrected chi connectivity index (χ2v) is 8.11. The highest BCUT2D eigenvalue weighted by molar-refractivity contribution is 5.91. The van der Waals surface area contributed by atoms with Gasteiger partial charge in [-0.3, -0.25) is 4.79 Å². The molecule has 1 unspecified atom stereocenters. The third-order valence-electron chi connectivity index (χ3n) is 5.47. The average Bonchev–Trinajstić information content (AvgIpc) is 3.32. The van der Waals surface area contributed by atoms with Crippen molar-refractivity contribution < 1.29 is 19.2 Å². The van der Waals surface area contributed by atoms with Crippen molar-refractivity contribution >= 4 is 18.2 Å². The molecule has 0 bridgehead atoms. The molecule has 0 radical (unpaired) electrons. The van der Waals surface area contributed by atoms with E-state index in [1.807, 2.05) is 32.0 Å². The highest BCUT2D eigenvalue weighted by Gasteiger charge is 2.31. The van der Waals surface area contributed by atoms with E-state index >= 15 is 0 Å². The molecule has 34 heavy (non-hydrogen) atoms. The molecule has 10 heteroatoms. The van der Waals surface area contributed by atoms with E-state index in [1.165, 1.54) is 0 Å². The number of ether oxygens (including phenoxy) is 1. The zero-order valence-electron chi connectivity index (χ0n) is 18.8. The van der Waals surface area contributed by atoms with Gasteiger partial charge in [-0.15, -0.1) is 12.4 Å². The molecule has 1 aliphatic rings. The lowest BCUT2D eigenvalue weighted by Crippen LogP contribution is -2.45. The van der Waals surface area contributed by atoms with Gasteiger partial charge in [0, 0.05) is 17.7 Å². The average molecular weight is 484 g/mol. The van der Waals surface area contributed by atoms with E-state index in [9.17, 15) is 15.2 Å². The van der Waals surface area contributed by atoms with E-state index < -0.39 is 18.7 Å². The van der Waals surface area contributed by atoms with Crippen LogP contribution >= 0.6 is 12.4 Å². The zero-order chi connectivity index (χ0) is 23.5. The Morgan fingerprint density at radius 1 is 1.38 bits per heavy atom. The molecular weight excluding hydrogens is 458 g/mol. The maximum Gasteiger partial charge on any atom is 0.258 e. The molecule has 4 rings (SSSR count). The Hall–Kier alpha value is -3.29. The van der Waals surface area contributed by atoms with Gasteiger partial charge in [0.05, 0.1) is 30.4 Å². The number of Topliss-reactive ketones (excluding diaryl/α,β-unsaturated/α-hetero) is 1. The van der Waals surface area contributed by atoms with Crippen LogP contribution in [0.2, 0.25) is 0 Å². The van der Waals surface area contributed by atoms with Crippen molar-refractivity contribution in [3.05, 3.63) is 53.1 Å². The predicted octanol–water partition coefficient (Wildman–Crippen LogP) is 2.56. The summed E-state index contributed by atoms with van der Waals surface area (Å²) in [6, 6.07) is 11.3. The van der Waals surface area contributed by atoms with Crippen LogP contribution in [0.3, 0.4) is 0 Å². The molecule has 1 aromatic heterocycles. The minimum atomic E-state index is -0.953. The highest BCUT2D eigenvalue weighted by Crippen LogP contribution is 2.33. The first-order valence-electron chi connectivity index (χ1n) is 10.7. The number of ketones is 1. The summed E-state index contributed by atoms with van der Waals surface area (Å²) in [7, 11) is 0. The zero-order valence-corrected chi connectivity index (χ0v) is 19.6. The Morgan fingerprint density at radius 2 is 2.18 bits per heavy atom. The minimum absolute atomic E-state index is 0. The summed E-state index contributed by atoms with van der Waals surface area (Å²) < 4.78 is 11.2. The number of fused-ring (bicyclic) bond motifs is 1. The van der Waals surface area contributed by atoms with Crippen LogP contribution in [0, 0.1) is 11.3 Å².